The van der Waals surface area contributed by atoms with E-state index in [-0.39, 0.29) is 0 Å². The van der Waals surface area contributed by atoms with Gasteiger partial charge < -0.3 is 4.74 Å². The van der Waals surface area contributed by atoms with Crippen molar-refractivity contribution in [3.05, 3.63) is 0 Å². The van der Waals surface area contributed by atoms with Crippen LogP contribution in [0.3, 0.4) is 0 Å². The minimum Gasteiger partial charge on any atom is -0.352 e. The van der Waals surface area contributed by atoms with E-state index in [1.165, 1.54) is 0 Å². The quantitative estimate of drug-likeness (QED) is 0.464. The van der Waals surface area contributed by atoms with Crippen molar-refractivity contribution in [3.8, 4) is 0 Å². The summed E-state index contributed by atoms with van der Waals surface area (Å²) >= 11 is 0. The van der Waals surface area contributed by atoms with Crippen LogP contribution in [0.2, 0.25) is 0 Å². The Balaban J connectivity index is 2.35. The second-order valence-corrected chi connectivity index (χ2v) is 1.57. The smallest absolute Gasteiger partial charge is 0.282 e. The predicted molar refractivity (Wildman–Crippen MR) is 25.8 cm³/mol. The van der Waals surface area contributed by atoms with Gasteiger partial charge in [0.2, 0.25) is 0 Å². The number of hydrogen-bond donors (Lipinski definition) is 1. The highest BCUT2D eigenvalue weighted by molar-refractivity contribution is 5.77. The molecule has 1 radical (unpaired) electrons. The summed E-state index contributed by atoms with van der Waals surface area (Å²) < 4.78 is 4.77. The lowest BCUT2D eigenvalue weighted by Crippen LogP contribution is -2.32. The molecule has 0 bridgehead atoms. The Morgan fingerprint density at radius 1 is 1.88 bits per heavy atom. The van der Waals surface area contributed by atoms with Crippen LogP contribution >= 0.6 is 0 Å². The molecule has 0 aromatic rings. The van der Waals surface area contributed by atoms with E-state index in [1.807, 2.05) is 0 Å². The van der Waals surface area contributed by atoms with E-state index in [9.17, 15) is 4.79 Å². The molecular formula is C4H7N2O2. The molecule has 4 heteroatoms. The van der Waals surface area contributed by atoms with Crippen LogP contribution in [0.4, 0.5) is 0 Å². The summed E-state index contributed by atoms with van der Waals surface area (Å²) in [5.74, 6) is -0.692. The maximum Gasteiger partial charge on any atom is 0.282 e. The fourth-order valence-corrected chi connectivity index (χ4v) is 0.594. The summed E-state index contributed by atoms with van der Waals surface area (Å²) in [6, 6.07) is 0. The largest absolute Gasteiger partial charge is 0.352 e. The molecule has 1 heterocycles. The maximum absolute atomic E-state index is 10.1. The fraction of sp³-hybridized carbons (Fsp3) is 0.750. The van der Waals surface area contributed by atoms with Gasteiger partial charge in [0.25, 0.3) is 5.91 Å². The van der Waals surface area contributed by atoms with E-state index in [1.54, 1.807) is 0 Å². The number of carbonyl (C=O) groups is 1. The zero-order valence-electron chi connectivity index (χ0n) is 4.31. The Hall–Kier alpha value is -0.610. The molecule has 0 aromatic carbocycles. The third-order valence-electron chi connectivity index (χ3n) is 0.954. The monoisotopic (exact) mass is 115 g/mol. The second kappa shape index (κ2) is 2.11. The number of rotatable bonds is 1. The minimum atomic E-state index is -0.692. The summed E-state index contributed by atoms with van der Waals surface area (Å²) in [4.78, 5) is 10.1. The Kier molecular flexibility index (Phi) is 1.45. The summed E-state index contributed by atoms with van der Waals surface area (Å²) in [5, 5.41) is 2.70. The van der Waals surface area contributed by atoms with Crippen molar-refractivity contribution in [1.29, 1.82) is 0 Å². The van der Waals surface area contributed by atoms with Gasteiger partial charge in [-0.25, -0.2) is 0 Å². The molecule has 1 amide bonds. The molecule has 45 valence electrons. The standard InChI is InChI=1S/C4H7N2O2/c5-3(7)4-6-1-2-8-4/h4-6H,1-2H2. The van der Waals surface area contributed by atoms with Crippen molar-refractivity contribution >= 4 is 5.91 Å². The van der Waals surface area contributed by atoms with E-state index < -0.39 is 12.1 Å². The van der Waals surface area contributed by atoms with Crippen LogP contribution in [-0.2, 0) is 9.53 Å². The minimum absolute atomic E-state index is 0.537. The van der Waals surface area contributed by atoms with Crippen LogP contribution in [0.1, 0.15) is 0 Å². The normalized spacial score (nSPS) is 28.2. The molecule has 1 aliphatic heterocycles. The van der Waals surface area contributed by atoms with Gasteiger partial charge in [0.15, 0.2) is 6.23 Å². The van der Waals surface area contributed by atoms with Gasteiger partial charge in [-0.2, -0.15) is 0 Å². The molecule has 1 rings (SSSR count). The summed E-state index contributed by atoms with van der Waals surface area (Å²) in [6.07, 6.45) is -0.657. The highest BCUT2D eigenvalue weighted by Crippen LogP contribution is 1.92. The van der Waals surface area contributed by atoms with Crippen LogP contribution in [0.5, 0.6) is 0 Å². The lowest BCUT2D eigenvalue weighted by molar-refractivity contribution is -0.128. The van der Waals surface area contributed by atoms with E-state index in [2.05, 4.69) is 5.32 Å². The van der Waals surface area contributed by atoms with Gasteiger partial charge >= 0.3 is 0 Å². The molecule has 2 N–H and O–H groups in total. The molecule has 1 aliphatic rings. The molecule has 0 aromatic heterocycles. The van der Waals surface area contributed by atoms with Crippen molar-refractivity contribution in [2.45, 2.75) is 6.23 Å². The SMILES string of the molecule is [NH]C(=O)C1NCCO1. The zero-order chi connectivity index (χ0) is 5.98. The first-order valence-corrected chi connectivity index (χ1v) is 2.41. The Labute approximate surface area is 47.0 Å². The Morgan fingerprint density at radius 3 is 2.88 bits per heavy atom. The van der Waals surface area contributed by atoms with E-state index in [0.29, 0.717) is 13.2 Å². The Bertz CT molecular complexity index is 98.2. The van der Waals surface area contributed by atoms with Crippen molar-refractivity contribution in [1.82, 2.24) is 11.1 Å². The Morgan fingerprint density at radius 2 is 2.62 bits per heavy atom. The van der Waals surface area contributed by atoms with Gasteiger partial charge in [0.05, 0.1) is 6.61 Å². The molecule has 0 spiro atoms. The van der Waals surface area contributed by atoms with Crippen LogP contribution in [0, 0.1) is 0 Å². The topological polar surface area (TPSA) is 62.1 Å². The summed E-state index contributed by atoms with van der Waals surface area (Å²) in [5.41, 5.74) is 6.55. The first-order valence-electron chi connectivity index (χ1n) is 2.41. The number of nitrogens with one attached hydrogen (secondary N) is 2. The molecule has 8 heavy (non-hydrogen) atoms. The summed E-state index contributed by atoms with van der Waals surface area (Å²) in [6.45, 7) is 1.21. The third-order valence-corrected chi connectivity index (χ3v) is 0.954. The van der Waals surface area contributed by atoms with Crippen LogP contribution in [-0.4, -0.2) is 25.3 Å². The molecule has 1 atom stereocenters. The molecule has 0 aliphatic carbocycles. The summed E-state index contributed by atoms with van der Waals surface area (Å²) in [7, 11) is 0. The lowest BCUT2D eigenvalue weighted by Gasteiger charge is -2.00. The van der Waals surface area contributed by atoms with Gasteiger partial charge in [-0.1, -0.05) is 0 Å². The third kappa shape index (κ3) is 0.962. The van der Waals surface area contributed by atoms with Gasteiger partial charge in [0, 0.05) is 6.54 Å². The van der Waals surface area contributed by atoms with Crippen molar-refractivity contribution in [2.75, 3.05) is 13.2 Å². The van der Waals surface area contributed by atoms with Crippen LogP contribution in [0.25, 0.3) is 0 Å². The molecule has 1 saturated heterocycles. The zero-order valence-corrected chi connectivity index (χ0v) is 4.31. The molecular weight excluding hydrogens is 108 g/mol. The first kappa shape index (κ1) is 5.53. The molecule has 1 unspecified atom stereocenters. The van der Waals surface area contributed by atoms with Gasteiger partial charge in [-0.05, 0) is 0 Å². The predicted octanol–water partition coefficient (Wildman–Crippen LogP) is -1.26. The highest BCUT2D eigenvalue weighted by atomic mass is 16.5. The average molecular weight is 115 g/mol. The number of amides is 1. The second-order valence-electron chi connectivity index (χ2n) is 1.57. The van der Waals surface area contributed by atoms with Crippen molar-refractivity contribution in [3.63, 3.8) is 0 Å². The lowest BCUT2D eigenvalue weighted by atomic mass is 10.5. The maximum atomic E-state index is 10.1. The van der Waals surface area contributed by atoms with Crippen molar-refractivity contribution < 1.29 is 9.53 Å². The van der Waals surface area contributed by atoms with Gasteiger partial charge in [-0.15, -0.1) is 0 Å². The average Bonchev–Trinajstić information content (AvgIpc) is 2.12. The van der Waals surface area contributed by atoms with Crippen LogP contribution in [0.15, 0.2) is 0 Å². The van der Waals surface area contributed by atoms with Crippen molar-refractivity contribution in [2.24, 2.45) is 0 Å². The molecule has 4 nitrogen and oxygen atoms in total. The van der Waals surface area contributed by atoms with Gasteiger partial charge in [-0.3, -0.25) is 15.8 Å². The van der Waals surface area contributed by atoms with Gasteiger partial charge in [0.1, 0.15) is 0 Å². The number of carbonyl (C=O) groups excluding carboxylic acids is 1. The number of ether oxygens (including phenoxy) is 1. The fourth-order valence-electron chi connectivity index (χ4n) is 0.594. The first-order chi connectivity index (χ1) is 3.80. The van der Waals surface area contributed by atoms with E-state index in [0.717, 1.165) is 0 Å². The molecule has 1 fully saturated rings. The number of hydrogen-bond acceptors (Lipinski definition) is 3. The van der Waals surface area contributed by atoms with Crippen LogP contribution < -0.4 is 11.1 Å². The highest BCUT2D eigenvalue weighted by Gasteiger charge is 2.19. The molecule has 0 saturated carbocycles. The van der Waals surface area contributed by atoms with E-state index >= 15 is 0 Å². The van der Waals surface area contributed by atoms with E-state index in [4.69, 9.17) is 10.5 Å².